The van der Waals surface area contributed by atoms with Crippen LogP contribution in [-0.2, 0) is 11.2 Å². The Labute approximate surface area is 98.4 Å². The minimum Gasteiger partial charge on any atom is -0.481 e. The van der Waals surface area contributed by atoms with Crippen LogP contribution in [0.25, 0.3) is 0 Å². The smallest absolute Gasteiger partial charge is 0.308 e. The largest absolute Gasteiger partial charge is 0.481 e. The predicted octanol–water partition coefficient (Wildman–Crippen LogP) is 2.42. The van der Waals surface area contributed by atoms with E-state index in [9.17, 15) is 13.6 Å². The maximum atomic E-state index is 12.5. The first-order valence-corrected chi connectivity index (χ1v) is 4.97. The van der Waals surface area contributed by atoms with E-state index in [1.165, 1.54) is 7.11 Å². The Balaban J connectivity index is 3.28. The van der Waals surface area contributed by atoms with Gasteiger partial charge in [0.25, 0.3) is 6.43 Å². The standard InChI is InChI=1S/C9H8BrF2NO3/c1-16-9-4(2-6(14)15)7(10)5(3-13-9)8(11)12/h3,8H,2H2,1H3,(H,14,15). The van der Waals surface area contributed by atoms with E-state index in [0.717, 1.165) is 6.20 Å². The van der Waals surface area contributed by atoms with Crippen LogP contribution in [0.2, 0.25) is 0 Å². The number of hydrogen-bond donors (Lipinski definition) is 1. The van der Waals surface area contributed by atoms with E-state index in [1.54, 1.807) is 0 Å². The first-order chi connectivity index (χ1) is 7.47. The minimum atomic E-state index is -2.72. The number of carboxylic acid groups (broad SMARTS) is 1. The lowest BCUT2D eigenvalue weighted by Crippen LogP contribution is -2.06. The summed E-state index contributed by atoms with van der Waals surface area (Å²) >= 11 is 2.94. The van der Waals surface area contributed by atoms with Crippen LogP contribution in [0.4, 0.5) is 8.78 Å². The lowest BCUT2D eigenvalue weighted by atomic mass is 10.1. The number of aliphatic carboxylic acids is 1. The number of halogens is 3. The maximum Gasteiger partial charge on any atom is 0.308 e. The van der Waals surface area contributed by atoms with Crippen LogP contribution in [0, 0.1) is 0 Å². The van der Waals surface area contributed by atoms with Crippen LogP contribution in [0.5, 0.6) is 5.88 Å². The van der Waals surface area contributed by atoms with Gasteiger partial charge in [-0.2, -0.15) is 0 Å². The van der Waals surface area contributed by atoms with Gasteiger partial charge in [0.1, 0.15) is 0 Å². The van der Waals surface area contributed by atoms with E-state index < -0.39 is 18.8 Å². The molecule has 0 radical (unpaired) electrons. The summed E-state index contributed by atoms with van der Waals surface area (Å²) in [6, 6.07) is 0. The van der Waals surface area contributed by atoms with Crippen LogP contribution in [0.15, 0.2) is 10.7 Å². The Morgan fingerprint density at radius 2 is 2.31 bits per heavy atom. The van der Waals surface area contributed by atoms with Crippen molar-refractivity contribution in [2.45, 2.75) is 12.8 Å². The topological polar surface area (TPSA) is 59.4 Å². The summed E-state index contributed by atoms with van der Waals surface area (Å²) < 4.78 is 29.9. The Kier molecular flexibility index (Phi) is 4.17. The third-order valence-corrected chi connectivity index (χ3v) is 2.79. The Morgan fingerprint density at radius 3 is 2.75 bits per heavy atom. The second kappa shape index (κ2) is 5.20. The summed E-state index contributed by atoms with van der Waals surface area (Å²) in [4.78, 5) is 14.2. The van der Waals surface area contributed by atoms with Gasteiger partial charge in [-0.25, -0.2) is 13.8 Å². The summed E-state index contributed by atoms with van der Waals surface area (Å²) in [7, 11) is 1.29. The SMILES string of the molecule is COc1ncc(C(F)F)c(Br)c1CC(=O)O. The fourth-order valence-corrected chi connectivity index (χ4v) is 1.75. The van der Waals surface area contributed by atoms with Gasteiger partial charge in [0.15, 0.2) is 0 Å². The molecule has 1 rings (SSSR count). The molecule has 0 fully saturated rings. The van der Waals surface area contributed by atoms with E-state index in [4.69, 9.17) is 9.84 Å². The van der Waals surface area contributed by atoms with E-state index in [2.05, 4.69) is 20.9 Å². The third-order valence-electron chi connectivity index (χ3n) is 1.85. The van der Waals surface area contributed by atoms with Crippen molar-refractivity contribution in [1.82, 2.24) is 4.98 Å². The van der Waals surface area contributed by atoms with Gasteiger partial charge in [0.2, 0.25) is 5.88 Å². The predicted molar refractivity (Wildman–Crippen MR) is 54.8 cm³/mol. The van der Waals surface area contributed by atoms with Gasteiger partial charge in [0, 0.05) is 16.2 Å². The highest BCUT2D eigenvalue weighted by molar-refractivity contribution is 9.10. The number of carboxylic acids is 1. The molecular formula is C9H8BrF2NO3. The Bertz CT molecular complexity index is 412. The molecule has 0 aliphatic carbocycles. The van der Waals surface area contributed by atoms with Crippen molar-refractivity contribution in [3.05, 3.63) is 21.8 Å². The van der Waals surface area contributed by atoms with Gasteiger partial charge < -0.3 is 9.84 Å². The molecule has 4 nitrogen and oxygen atoms in total. The number of carbonyl (C=O) groups is 1. The average molecular weight is 296 g/mol. The molecule has 1 aromatic rings. The van der Waals surface area contributed by atoms with Crippen molar-refractivity contribution < 1.29 is 23.4 Å². The van der Waals surface area contributed by atoms with Crippen molar-refractivity contribution in [3.8, 4) is 5.88 Å². The van der Waals surface area contributed by atoms with Gasteiger partial charge in [-0.15, -0.1) is 0 Å². The molecule has 0 amide bonds. The summed E-state index contributed by atoms with van der Waals surface area (Å²) in [5.74, 6) is -1.12. The van der Waals surface area contributed by atoms with Gasteiger partial charge >= 0.3 is 5.97 Å². The molecule has 0 spiro atoms. The van der Waals surface area contributed by atoms with E-state index >= 15 is 0 Å². The summed E-state index contributed by atoms with van der Waals surface area (Å²) in [6.45, 7) is 0. The van der Waals surface area contributed by atoms with E-state index in [0.29, 0.717) is 0 Å². The maximum absolute atomic E-state index is 12.5. The van der Waals surface area contributed by atoms with Crippen LogP contribution in [-0.4, -0.2) is 23.2 Å². The fourth-order valence-electron chi connectivity index (χ4n) is 1.16. The number of rotatable bonds is 4. The summed E-state index contributed by atoms with van der Waals surface area (Å²) in [6.07, 6.45) is -2.20. The van der Waals surface area contributed by atoms with Crippen LogP contribution >= 0.6 is 15.9 Å². The van der Waals surface area contributed by atoms with Gasteiger partial charge in [-0.3, -0.25) is 4.79 Å². The van der Waals surface area contributed by atoms with Gasteiger partial charge in [0.05, 0.1) is 19.1 Å². The molecule has 0 saturated heterocycles. The van der Waals surface area contributed by atoms with E-state index in [1.807, 2.05) is 0 Å². The second-order valence-corrected chi connectivity index (χ2v) is 3.68. The molecule has 88 valence electrons. The van der Waals surface area contributed by atoms with Crippen molar-refractivity contribution >= 4 is 21.9 Å². The molecule has 0 aliphatic heterocycles. The van der Waals surface area contributed by atoms with Crippen molar-refractivity contribution in [2.24, 2.45) is 0 Å². The highest BCUT2D eigenvalue weighted by atomic mass is 79.9. The lowest BCUT2D eigenvalue weighted by molar-refractivity contribution is -0.136. The molecule has 0 bridgehead atoms. The minimum absolute atomic E-state index is 0.0248. The molecule has 0 aromatic carbocycles. The molecule has 1 aromatic heterocycles. The number of hydrogen-bond acceptors (Lipinski definition) is 3. The Hall–Kier alpha value is -1.24. The summed E-state index contributed by atoms with van der Waals surface area (Å²) in [5.41, 5.74) is -0.246. The van der Waals surface area contributed by atoms with Crippen molar-refractivity contribution in [2.75, 3.05) is 7.11 Å². The third kappa shape index (κ3) is 2.66. The molecule has 0 unspecified atom stereocenters. The van der Waals surface area contributed by atoms with Gasteiger partial charge in [-0.05, 0) is 15.9 Å². The number of methoxy groups -OCH3 is 1. The van der Waals surface area contributed by atoms with Crippen LogP contribution in [0.1, 0.15) is 17.6 Å². The number of pyridine rings is 1. The quantitative estimate of drug-likeness (QED) is 0.927. The average Bonchev–Trinajstić information content (AvgIpc) is 2.19. The molecule has 0 atom stereocenters. The number of ether oxygens (including phenoxy) is 1. The zero-order chi connectivity index (χ0) is 12.3. The highest BCUT2D eigenvalue weighted by Gasteiger charge is 2.20. The van der Waals surface area contributed by atoms with Crippen molar-refractivity contribution in [3.63, 3.8) is 0 Å². The zero-order valence-electron chi connectivity index (χ0n) is 8.21. The molecule has 0 aliphatic rings. The van der Waals surface area contributed by atoms with Crippen molar-refractivity contribution in [1.29, 1.82) is 0 Å². The second-order valence-electron chi connectivity index (χ2n) is 2.89. The molecular weight excluding hydrogens is 288 g/mol. The van der Waals surface area contributed by atoms with Crippen LogP contribution < -0.4 is 4.74 Å². The zero-order valence-corrected chi connectivity index (χ0v) is 9.79. The number of aromatic nitrogens is 1. The molecule has 1 heterocycles. The Morgan fingerprint density at radius 1 is 1.69 bits per heavy atom. The van der Waals surface area contributed by atoms with Crippen LogP contribution in [0.3, 0.4) is 0 Å². The number of alkyl halides is 2. The van der Waals surface area contributed by atoms with Gasteiger partial charge in [-0.1, -0.05) is 0 Å². The normalized spacial score (nSPS) is 10.6. The number of nitrogens with zero attached hydrogens (tertiary/aromatic N) is 1. The molecule has 7 heteroatoms. The first kappa shape index (κ1) is 12.8. The molecule has 0 saturated carbocycles. The summed E-state index contributed by atoms with van der Waals surface area (Å²) in [5, 5.41) is 8.65. The van der Waals surface area contributed by atoms with E-state index in [-0.39, 0.29) is 21.5 Å². The monoisotopic (exact) mass is 295 g/mol. The molecule has 16 heavy (non-hydrogen) atoms. The lowest BCUT2D eigenvalue weighted by Gasteiger charge is -2.11. The fraction of sp³-hybridized carbons (Fsp3) is 0.333. The molecule has 1 N–H and O–H groups in total. The highest BCUT2D eigenvalue weighted by Crippen LogP contribution is 2.33. The first-order valence-electron chi connectivity index (χ1n) is 4.18.